The molecule has 0 radical (unpaired) electrons. The van der Waals surface area contributed by atoms with Crippen LogP contribution < -0.4 is 10.2 Å². The van der Waals surface area contributed by atoms with Crippen LogP contribution in [0.2, 0.25) is 0 Å². The van der Waals surface area contributed by atoms with Gasteiger partial charge in [-0.25, -0.2) is 4.98 Å². The molecular formula is C13H19N3O. The fraction of sp³-hybridized carbons (Fsp3) is 0.538. The lowest BCUT2D eigenvalue weighted by Gasteiger charge is -2.26. The van der Waals surface area contributed by atoms with E-state index in [0.29, 0.717) is 6.54 Å². The number of carbonyl (C=O) groups is 1. The zero-order valence-electron chi connectivity index (χ0n) is 10.5. The first-order chi connectivity index (χ1) is 8.22. The van der Waals surface area contributed by atoms with Crippen LogP contribution in [0.5, 0.6) is 0 Å². The Balaban J connectivity index is 2.12. The molecule has 1 amide bonds. The smallest absolute Gasteiger partial charge is 0.246 e. The summed E-state index contributed by atoms with van der Waals surface area (Å²) in [6, 6.07) is 4.00. The van der Waals surface area contributed by atoms with Gasteiger partial charge >= 0.3 is 0 Å². The zero-order valence-corrected chi connectivity index (χ0v) is 10.5. The fourth-order valence-electron chi connectivity index (χ4n) is 2.00. The normalized spacial score (nSPS) is 14.5. The van der Waals surface area contributed by atoms with E-state index in [-0.39, 0.29) is 5.91 Å². The molecule has 0 aliphatic carbocycles. The number of hydrogen-bond acceptors (Lipinski definition) is 3. The number of likely N-dealkylation sites (N-methyl/N-ethyl adjacent to an activating group) is 1. The number of fused-ring (bicyclic) bond motifs is 1. The number of rotatable bonds is 4. The van der Waals surface area contributed by atoms with Gasteiger partial charge in [-0.05, 0) is 25.0 Å². The van der Waals surface area contributed by atoms with Gasteiger partial charge in [-0.3, -0.25) is 4.79 Å². The number of carbonyl (C=O) groups excluding carboxylic acids is 1. The minimum atomic E-state index is 0.0815. The number of unbranched alkanes of at least 4 members (excludes halogenated alkanes) is 2. The van der Waals surface area contributed by atoms with Crippen LogP contribution in [0.3, 0.4) is 0 Å². The zero-order chi connectivity index (χ0) is 12.3. The van der Waals surface area contributed by atoms with Crippen LogP contribution in [0.25, 0.3) is 0 Å². The van der Waals surface area contributed by atoms with Gasteiger partial charge in [-0.2, -0.15) is 0 Å². The molecule has 1 aromatic heterocycles. The Kier molecular flexibility index (Phi) is 3.61. The van der Waals surface area contributed by atoms with E-state index in [4.69, 9.17) is 0 Å². The number of amides is 1. The van der Waals surface area contributed by atoms with Crippen LogP contribution >= 0.6 is 0 Å². The monoisotopic (exact) mass is 233 g/mol. The summed E-state index contributed by atoms with van der Waals surface area (Å²) < 4.78 is 0. The molecule has 0 bridgehead atoms. The van der Waals surface area contributed by atoms with Crippen molar-refractivity contribution < 1.29 is 4.79 Å². The molecule has 2 rings (SSSR count). The number of nitrogens with one attached hydrogen (secondary N) is 1. The topological polar surface area (TPSA) is 45.2 Å². The summed E-state index contributed by atoms with van der Waals surface area (Å²) in [6.07, 6.45) is 4.66. The molecule has 0 fully saturated rings. The number of aromatic nitrogens is 1. The third-order valence-corrected chi connectivity index (χ3v) is 3.11. The van der Waals surface area contributed by atoms with Gasteiger partial charge in [-0.15, -0.1) is 0 Å². The minimum Gasteiger partial charge on any atom is -0.359 e. The first-order valence-electron chi connectivity index (χ1n) is 6.22. The highest BCUT2D eigenvalue weighted by molar-refractivity contribution is 6.01. The van der Waals surface area contributed by atoms with Gasteiger partial charge in [0, 0.05) is 12.7 Å². The van der Waals surface area contributed by atoms with E-state index in [0.717, 1.165) is 23.6 Å². The molecule has 1 aromatic rings. The van der Waals surface area contributed by atoms with Gasteiger partial charge in [0.2, 0.25) is 5.91 Å². The standard InChI is InChI=1S/C13H19N3O/c1-3-4-5-6-10-7-8-11-13(15-10)14-9-12(17)16(11)2/h7-8H,3-6,9H2,1-2H3,(H,14,15). The summed E-state index contributed by atoms with van der Waals surface area (Å²) in [5.74, 6) is 0.916. The lowest BCUT2D eigenvalue weighted by Crippen LogP contribution is -2.37. The van der Waals surface area contributed by atoms with Gasteiger partial charge < -0.3 is 10.2 Å². The average molecular weight is 233 g/mol. The van der Waals surface area contributed by atoms with Crippen molar-refractivity contribution in [2.24, 2.45) is 0 Å². The second-order valence-electron chi connectivity index (χ2n) is 4.43. The van der Waals surface area contributed by atoms with Crippen LogP contribution in [-0.4, -0.2) is 24.5 Å². The molecule has 1 N–H and O–H groups in total. The Hall–Kier alpha value is -1.58. The highest BCUT2D eigenvalue weighted by Gasteiger charge is 2.21. The van der Waals surface area contributed by atoms with Crippen molar-refractivity contribution in [3.05, 3.63) is 17.8 Å². The predicted octanol–water partition coefficient (Wildman–Crippen LogP) is 2.20. The molecule has 4 nitrogen and oxygen atoms in total. The van der Waals surface area contributed by atoms with Crippen molar-refractivity contribution in [2.45, 2.75) is 32.6 Å². The molecule has 17 heavy (non-hydrogen) atoms. The fourth-order valence-corrected chi connectivity index (χ4v) is 2.00. The molecule has 0 unspecified atom stereocenters. The quantitative estimate of drug-likeness (QED) is 0.811. The first kappa shape index (κ1) is 11.9. The van der Waals surface area contributed by atoms with Crippen molar-refractivity contribution in [3.63, 3.8) is 0 Å². The van der Waals surface area contributed by atoms with Crippen LogP contribution in [0.1, 0.15) is 31.9 Å². The molecule has 4 heteroatoms. The number of anilines is 2. The van der Waals surface area contributed by atoms with E-state index in [1.54, 1.807) is 11.9 Å². The predicted molar refractivity (Wildman–Crippen MR) is 69.4 cm³/mol. The summed E-state index contributed by atoms with van der Waals surface area (Å²) in [5, 5.41) is 3.07. The first-order valence-corrected chi connectivity index (χ1v) is 6.22. The highest BCUT2D eigenvalue weighted by Crippen LogP contribution is 2.26. The minimum absolute atomic E-state index is 0.0815. The maximum atomic E-state index is 11.5. The molecule has 1 aliphatic rings. The SMILES string of the molecule is CCCCCc1ccc2c(n1)NCC(=O)N2C. The van der Waals surface area contributed by atoms with E-state index in [1.165, 1.54) is 19.3 Å². The summed E-state index contributed by atoms with van der Waals surface area (Å²) in [4.78, 5) is 17.7. The van der Waals surface area contributed by atoms with Crippen LogP contribution in [0, 0.1) is 0 Å². The van der Waals surface area contributed by atoms with E-state index in [9.17, 15) is 4.79 Å². The lowest BCUT2D eigenvalue weighted by molar-refractivity contribution is -0.116. The number of pyridine rings is 1. The van der Waals surface area contributed by atoms with Crippen LogP contribution in [0.4, 0.5) is 11.5 Å². The van der Waals surface area contributed by atoms with Crippen molar-refractivity contribution in [1.29, 1.82) is 0 Å². The maximum Gasteiger partial charge on any atom is 0.246 e. The summed E-state index contributed by atoms with van der Waals surface area (Å²) in [5.41, 5.74) is 1.98. The summed E-state index contributed by atoms with van der Waals surface area (Å²) >= 11 is 0. The summed E-state index contributed by atoms with van der Waals surface area (Å²) in [7, 11) is 1.79. The van der Waals surface area contributed by atoms with E-state index in [2.05, 4.69) is 17.2 Å². The highest BCUT2D eigenvalue weighted by atomic mass is 16.2. The van der Waals surface area contributed by atoms with Gasteiger partial charge in [0.25, 0.3) is 0 Å². The molecule has 2 heterocycles. The largest absolute Gasteiger partial charge is 0.359 e. The summed E-state index contributed by atoms with van der Waals surface area (Å²) in [6.45, 7) is 2.54. The lowest BCUT2D eigenvalue weighted by atomic mass is 10.1. The van der Waals surface area contributed by atoms with Crippen LogP contribution in [-0.2, 0) is 11.2 Å². The molecular weight excluding hydrogens is 214 g/mol. The van der Waals surface area contributed by atoms with Gasteiger partial charge in [0.15, 0.2) is 5.82 Å². The Morgan fingerprint density at radius 2 is 2.24 bits per heavy atom. The molecule has 0 saturated carbocycles. The molecule has 0 aromatic carbocycles. The van der Waals surface area contributed by atoms with Gasteiger partial charge in [0.1, 0.15) is 0 Å². The van der Waals surface area contributed by atoms with E-state index >= 15 is 0 Å². The molecule has 1 aliphatic heterocycles. The Morgan fingerprint density at radius 1 is 1.41 bits per heavy atom. The molecule has 0 saturated heterocycles. The molecule has 0 spiro atoms. The van der Waals surface area contributed by atoms with Crippen molar-refractivity contribution in [1.82, 2.24) is 4.98 Å². The Labute approximate surface area is 102 Å². The van der Waals surface area contributed by atoms with Gasteiger partial charge in [-0.1, -0.05) is 19.8 Å². The number of nitrogens with zero attached hydrogens (tertiary/aromatic N) is 2. The number of hydrogen-bond donors (Lipinski definition) is 1. The third kappa shape index (κ3) is 2.57. The maximum absolute atomic E-state index is 11.5. The molecule has 92 valence electrons. The second kappa shape index (κ2) is 5.17. The third-order valence-electron chi connectivity index (χ3n) is 3.11. The Bertz CT molecular complexity index is 417. The Morgan fingerprint density at radius 3 is 3.00 bits per heavy atom. The number of aryl methyl sites for hydroxylation is 1. The second-order valence-corrected chi connectivity index (χ2v) is 4.43. The average Bonchev–Trinajstić information content (AvgIpc) is 2.34. The van der Waals surface area contributed by atoms with Crippen LogP contribution in [0.15, 0.2) is 12.1 Å². The van der Waals surface area contributed by atoms with Crippen molar-refractivity contribution in [2.75, 3.05) is 23.8 Å². The molecule has 0 atom stereocenters. The van der Waals surface area contributed by atoms with E-state index in [1.807, 2.05) is 12.1 Å². The van der Waals surface area contributed by atoms with Gasteiger partial charge in [0.05, 0.1) is 12.2 Å². The van der Waals surface area contributed by atoms with Crippen molar-refractivity contribution in [3.8, 4) is 0 Å². The van der Waals surface area contributed by atoms with E-state index < -0.39 is 0 Å². The van der Waals surface area contributed by atoms with Crippen molar-refractivity contribution >= 4 is 17.4 Å².